The van der Waals surface area contributed by atoms with Gasteiger partial charge in [0.25, 0.3) is 0 Å². The molecule has 0 aromatic heterocycles. The van der Waals surface area contributed by atoms with Gasteiger partial charge in [0.15, 0.2) is 0 Å². The summed E-state index contributed by atoms with van der Waals surface area (Å²) in [6.45, 7) is 9.38. The Balaban J connectivity index is 2.09. The number of carbonyl (C=O) groups is 2. The number of hydrogen-bond donors (Lipinski definition) is 0. The number of hydrogen-bond acceptors (Lipinski definition) is 4. The van der Waals surface area contributed by atoms with E-state index < -0.39 is 0 Å². The molecule has 1 aliphatic heterocycles. The molecule has 2 amide bonds. The number of likely N-dealkylation sites (tertiary alicyclic amines) is 1. The molecule has 0 bridgehead atoms. The van der Waals surface area contributed by atoms with Crippen molar-refractivity contribution >= 4 is 11.8 Å². The third-order valence-corrected chi connectivity index (χ3v) is 6.68. The van der Waals surface area contributed by atoms with E-state index in [9.17, 15) is 9.59 Å². The predicted octanol–water partition coefficient (Wildman–Crippen LogP) is 6.53. The van der Waals surface area contributed by atoms with E-state index in [-0.39, 0.29) is 17.7 Å². The summed E-state index contributed by atoms with van der Waals surface area (Å²) in [4.78, 5) is 26.0. The molecule has 0 radical (unpaired) electrons. The second-order valence-electron chi connectivity index (χ2n) is 9.51. The Morgan fingerprint density at radius 1 is 0.750 bits per heavy atom. The van der Waals surface area contributed by atoms with Crippen molar-refractivity contribution in [2.45, 2.75) is 117 Å². The summed E-state index contributed by atoms with van der Waals surface area (Å²) in [7, 11) is 0. The van der Waals surface area contributed by atoms with Crippen molar-refractivity contribution in [2.75, 3.05) is 33.0 Å². The number of imide groups is 1. The first-order valence-electron chi connectivity index (χ1n) is 13.6. The van der Waals surface area contributed by atoms with Crippen LogP contribution in [-0.2, 0) is 19.1 Å². The largest absolute Gasteiger partial charge is 0.379 e. The summed E-state index contributed by atoms with van der Waals surface area (Å²) in [5, 5.41) is 0. The summed E-state index contributed by atoms with van der Waals surface area (Å²) >= 11 is 0. The summed E-state index contributed by atoms with van der Waals surface area (Å²) < 4.78 is 11.4. The van der Waals surface area contributed by atoms with E-state index in [1.807, 2.05) is 0 Å². The molecule has 1 heterocycles. The highest BCUT2D eigenvalue weighted by Crippen LogP contribution is 2.25. The average Bonchev–Trinajstić information content (AvgIpc) is 3.06. The van der Waals surface area contributed by atoms with Gasteiger partial charge in [-0.05, 0) is 18.8 Å². The van der Waals surface area contributed by atoms with Crippen molar-refractivity contribution in [1.82, 2.24) is 4.90 Å². The van der Waals surface area contributed by atoms with Crippen molar-refractivity contribution in [3.05, 3.63) is 0 Å². The smallest absolute Gasteiger partial charge is 0.232 e. The minimum Gasteiger partial charge on any atom is -0.379 e. The van der Waals surface area contributed by atoms with E-state index in [2.05, 4.69) is 20.8 Å². The van der Waals surface area contributed by atoms with Crippen molar-refractivity contribution in [3.63, 3.8) is 0 Å². The number of carbonyl (C=O) groups excluding carboxylic acids is 2. The average molecular weight is 454 g/mol. The quantitative estimate of drug-likeness (QED) is 0.138. The number of rotatable bonds is 22. The van der Waals surface area contributed by atoms with Gasteiger partial charge in [-0.2, -0.15) is 0 Å². The van der Waals surface area contributed by atoms with Crippen LogP contribution in [0.5, 0.6) is 0 Å². The minimum atomic E-state index is -0.106. The zero-order chi connectivity index (χ0) is 23.4. The molecule has 2 atom stereocenters. The Hall–Kier alpha value is -0.940. The topological polar surface area (TPSA) is 55.8 Å². The van der Waals surface area contributed by atoms with Crippen molar-refractivity contribution < 1.29 is 19.1 Å². The molecule has 0 saturated carbocycles. The maximum atomic E-state index is 12.5. The van der Waals surface area contributed by atoms with Crippen LogP contribution in [0.25, 0.3) is 0 Å². The second kappa shape index (κ2) is 19.5. The van der Waals surface area contributed by atoms with Gasteiger partial charge in [-0.15, -0.1) is 0 Å². The molecule has 1 aliphatic rings. The lowest BCUT2D eigenvalue weighted by Gasteiger charge is -2.17. The SMILES string of the molecule is CCCCCCC(CCCC)CCOCCOCCN1C(=O)CC(CCCCCC)C1=O. The monoisotopic (exact) mass is 453 g/mol. The van der Waals surface area contributed by atoms with Crippen LogP contribution in [0.2, 0.25) is 0 Å². The lowest BCUT2D eigenvalue weighted by Crippen LogP contribution is -2.34. The molecule has 32 heavy (non-hydrogen) atoms. The molecule has 0 aliphatic carbocycles. The summed E-state index contributed by atoms with van der Waals surface area (Å²) in [5.41, 5.74) is 0. The Morgan fingerprint density at radius 3 is 2.06 bits per heavy atom. The molecule has 1 saturated heterocycles. The lowest BCUT2D eigenvalue weighted by molar-refractivity contribution is -0.140. The zero-order valence-corrected chi connectivity index (χ0v) is 21.4. The Labute approximate surface area is 198 Å². The highest BCUT2D eigenvalue weighted by atomic mass is 16.5. The lowest BCUT2D eigenvalue weighted by atomic mass is 9.92. The van der Waals surface area contributed by atoms with E-state index in [1.165, 1.54) is 69.1 Å². The first kappa shape index (κ1) is 29.1. The van der Waals surface area contributed by atoms with Crippen LogP contribution in [0.1, 0.15) is 117 Å². The van der Waals surface area contributed by atoms with Gasteiger partial charge in [-0.25, -0.2) is 0 Å². The second-order valence-corrected chi connectivity index (χ2v) is 9.51. The fourth-order valence-electron chi connectivity index (χ4n) is 4.54. The van der Waals surface area contributed by atoms with Crippen molar-refractivity contribution in [2.24, 2.45) is 11.8 Å². The number of amides is 2. The standard InChI is InChI=1S/C27H51NO4/c1-4-7-10-12-15-24(14-9-6-3)17-19-31-21-22-32-20-18-28-26(29)23-25(27(28)30)16-13-11-8-5-2/h24-25H,4-23H2,1-3H3. The van der Waals surface area contributed by atoms with Gasteiger partial charge in [0.05, 0.1) is 26.4 Å². The summed E-state index contributed by atoms with van der Waals surface area (Å²) in [6, 6.07) is 0. The third kappa shape index (κ3) is 12.9. The molecule has 5 heteroatoms. The van der Waals surface area contributed by atoms with Gasteiger partial charge in [0.2, 0.25) is 11.8 Å². The van der Waals surface area contributed by atoms with Crippen LogP contribution in [0.3, 0.4) is 0 Å². The zero-order valence-electron chi connectivity index (χ0n) is 21.4. The van der Waals surface area contributed by atoms with Gasteiger partial charge in [-0.3, -0.25) is 14.5 Å². The predicted molar refractivity (Wildman–Crippen MR) is 132 cm³/mol. The molecule has 0 spiro atoms. The Bertz CT molecular complexity index is 482. The molecule has 188 valence electrons. The highest BCUT2D eigenvalue weighted by molar-refractivity contribution is 6.03. The Morgan fingerprint density at radius 2 is 1.38 bits per heavy atom. The maximum absolute atomic E-state index is 12.5. The number of unbranched alkanes of at least 4 members (excludes halogenated alkanes) is 7. The summed E-state index contributed by atoms with van der Waals surface area (Å²) in [6.07, 6.45) is 17.5. The van der Waals surface area contributed by atoms with E-state index in [0.717, 1.165) is 38.2 Å². The minimum absolute atomic E-state index is 0.00315. The van der Waals surface area contributed by atoms with E-state index >= 15 is 0 Å². The third-order valence-electron chi connectivity index (χ3n) is 6.68. The van der Waals surface area contributed by atoms with Gasteiger partial charge >= 0.3 is 0 Å². The maximum Gasteiger partial charge on any atom is 0.232 e. The molecule has 0 aromatic carbocycles. The van der Waals surface area contributed by atoms with Crippen LogP contribution in [0.15, 0.2) is 0 Å². The normalized spacial score (nSPS) is 17.5. The highest BCUT2D eigenvalue weighted by Gasteiger charge is 2.37. The molecular formula is C27H51NO4. The van der Waals surface area contributed by atoms with Crippen LogP contribution in [0.4, 0.5) is 0 Å². The fourth-order valence-corrected chi connectivity index (χ4v) is 4.54. The van der Waals surface area contributed by atoms with E-state index in [4.69, 9.17) is 9.47 Å². The number of nitrogens with zero attached hydrogens (tertiary/aromatic N) is 1. The molecule has 1 rings (SSSR count). The van der Waals surface area contributed by atoms with Crippen LogP contribution < -0.4 is 0 Å². The molecular weight excluding hydrogens is 402 g/mol. The molecule has 2 unspecified atom stereocenters. The van der Waals surface area contributed by atoms with Gasteiger partial charge in [0.1, 0.15) is 0 Å². The first-order chi connectivity index (χ1) is 15.6. The van der Waals surface area contributed by atoms with Crippen LogP contribution >= 0.6 is 0 Å². The van der Waals surface area contributed by atoms with Crippen molar-refractivity contribution in [1.29, 1.82) is 0 Å². The van der Waals surface area contributed by atoms with Crippen LogP contribution in [0, 0.1) is 11.8 Å². The van der Waals surface area contributed by atoms with Gasteiger partial charge in [-0.1, -0.05) is 97.8 Å². The fraction of sp³-hybridized carbons (Fsp3) is 0.926. The van der Waals surface area contributed by atoms with E-state index in [1.54, 1.807) is 0 Å². The van der Waals surface area contributed by atoms with Gasteiger partial charge in [0, 0.05) is 18.9 Å². The van der Waals surface area contributed by atoms with Crippen LogP contribution in [-0.4, -0.2) is 49.7 Å². The molecule has 5 nitrogen and oxygen atoms in total. The molecule has 1 fully saturated rings. The van der Waals surface area contributed by atoms with Crippen molar-refractivity contribution in [3.8, 4) is 0 Å². The molecule has 0 aromatic rings. The number of ether oxygens (including phenoxy) is 2. The first-order valence-corrected chi connectivity index (χ1v) is 13.6. The summed E-state index contributed by atoms with van der Waals surface area (Å²) in [5.74, 6) is 0.649. The molecule has 0 N–H and O–H groups in total. The Kier molecular flexibility index (Phi) is 17.7. The van der Waals surface area contributed by atoms with E-state index in [0.29, 0.717) is 32.8 Å². The van der Waals surface area contributed by atoms with Gasteiger partial charge < -0.3 is 9.47 Å².